The number of fused-ring (bicyclic) bond motifs is 9. The van der Waals surface area contributed by atoms with Gasteiger partial charge in [0.25, 0.3) is 0 Å². The fourth-order valence-electron chi connectivity index (χ4n) is 11.5. The maximum absolute atomic E-state index is 2.54. The molecule has 60 heavy (non-hydrogen) atoms. The first-order valence-corrected chi connectivity index (χ1v) is 21.6. The van der Waals surface area contributed by atoms with Crippen LogP contribution in [0.2, 0.25) is 0 Å². The van der Waals surface area contributed by atoms with Crippen LogP contribution in [0.4, 0.5) is 0 Å². The number of hydrogen-bond donors (Lipinski definition) is 0. The Bertz CT molecular complexity index is 3310. The topological polar surface area (TPSA) is 0 Å². The molecule has 0 aromatic heterocycles. The van der Waals surface area contributed by atoms with E-state index in [2.05, 4.69) is 222 Å². The molecule has 3 aliphatic carbocycles. The molecule has 0 saturated carbocycles. The van der Waals surface area contributed by atoms with E-state index in [1.54, 1.807) is 0 Å². The molecule has 12 rings (SSSR count). The van der Waals surface area contributed by atoms with Gasteiger partial charge in [0.1, 0.15) is 0 Å². The van der Waals surface area contributed by atoms with Gasteiger partial charge in [0, 0.05) is 11.3 Å². The van der Waals surface area contributed by atoms with Gasteiger partial charge < -0.3 is 0 Å². The predicted octanol–water partition coefficient (Wildman–Crippen LogP) is 16.2. The second kappa shape index (κ2) is 12.9. The summed E-state index contributed by atoms with van der Waals surface area (Å²) in [6.07, 6.45) is 9.31. The highest BCUT2D eigenvalue weighted by Gasteiger charge is 2.44. The average molecular weight is 767 g/mol. The Labute approximate surface area is 353 Å². The minimum absolute atomic E-state index is 0.0224. The van der Waals surface area contributed by atoms with Gasteiger partial charge in [-0.3, -0.25) is 0 Å². The molecule has 0 N–H and O–H groups in total. The quantitative estimate of drug-likeness (QED) is 0.157. The molecule has 0 fully saturated rings. The van der Waals surface area contributed by atoms with Crippen LogP contribution in [0, 0.1) is 5.92 Å². The first kappa shape index (κ1) is 35.2. The van der Waals surface area contributed by atoms with Crippen molar-refractivity contribution in [1.29, 1.82) is 0 Å². The van der Waals surface area contributed by atoms with Crippen LogP contribution in [0.1, 0.15) is 55.9 Å². The molecule has 0 aliphatic heterocycles. The zero-order valence-electron chi connectivity index (χ0n) is 34.6. The monoisotopic (exact) mass is 766 g/mol. The van der Waals surface area contributed by atoms with Gasteiger partial charge in [-0.2, -0.15) is 0 Å². The Morgan fingerprint density at radius 1 is 0.367 bits per heavy atom. The van der Waals surface area contributed by atoms with Crippen molar-refractivity contribution in [2.45, 2.75) is 44.4 Å². The number of rotatable bonds is 4. The van der Waals surface area contributed by atoms with Crippen molar-refractivity contribution in [3.63, 3.8) is 0 Å². The third kappa shape index (κ3) is 5.04. The van der Waals surface area contributed by atoms with Crippen LogP contribution < -0.4 is 0 Å². The van der Waals surface area contributed by atoms with Crippen LogP contribution in [0.3, 0.4) is 0 Å². The lowest BCUT2D eigenvalue weighted by Gasteiger charge is -2.29. The van der Waals surface area contributed by atoms with Gasteiger partial charge in [0.15, 0.2) is 0 Å². The molecule has 0 amide bonds. The van der Waals surface area contributed by atoms with E-state index < -0.39 is 0 Å². The van der Waals surface area contributed by atoms with Crippen molar-refractivity contribution >= 4 is 32.3 Å². The molecule has 0 bridgehead atoms. The number of hydrogen-bond acceptors (Lipinski definition) is 0. The van der Waals surface area contributed by atoms with Crippen molar-refractivity contribution in [3.05, 3.63) is 216 Å². The Morgan fingerprint density at radius 3 is 1.77 bits per heavy atom. The van der Waals surface area contributed by atoms with Crippen LogP contribution in [-0.2, 0) is 10.8 Å². The minimum atomic E-state index is -0.0652. The zero-order valence-corrected chi connectivity index (χ0v) is 34.6. The van der Waals surface area contributed by atoms with Crippen molar-refractivity contribution < 1.29 is 0 Å². The third-order valence-corrected chi connectivity index (χ3v) is 14.6. The van der Waals surface area contributed by atoms with E-state index in [0.29, 0.717) is 11.8 Å². The largest absolute Gasteiger partial charge is 0.0796 e. The van der Waals surface area contributed by atoms with Crippen LogP contribution >= 0.6 is 0 Å². The maximum atomic E-state index is 2.54. The first-order chi connectivity index (χ1) is 29.3. The lowest BCUT2D eigenvalue weighted by atomic mass is 9.74. The van der Waals surface area contributed by atoms with E-state index in [1.807, 2.05) is 0 Å². The third-order valence-electron chi connectivity index (χ3n) is 14.6. The molecule has 2 unspecified atom stereocenters. The fourth-order valence-corrected chi connectivity index (χ4v) is 11.5. The Morgan fingerprint density at radius 2 is 0.933 bits per heavy atom. The molecule has 286 valence electrons. The highest BCUT2D eigenvalue weighted by Crippen LogP contribution is 2.55. The highest BCUT2D eigenvalue weighted by molar-refractivity contribution is 6.22. The van der Waals surface area contributed by atoms with E-state index in [4.69, 9.17) is 0 Å². The van der Waals surface area contributed by atoms with Gasteiger partial charge in [-0.15, -0.1) is 0 Å². The van der Waals surface area contributed by atoms with Crippen LogP contribution in [0.25, 0.3) is 88.0 Å². The zero-order chi connectivity index (χ0) is 40.3. The van der Waals surface area contributed by atoms with Crippen LogP contribution in [0.5, 0.6) is 0 Å². The Kier molecular flexibility index (Phi) is 7.55. The molecular formula is C60H46. The second-order valence-corrected chi connectivity index (χ2v) is 18.4. The van der Waals surface area contributed by atoms with Crippen molar-refractivity contribution in [1.82, 2.24) is 0 Å². The molecule has 0 spiro atoms. The lowest BCUT2D eigenvalue weighted by molar-refractivity contribution is 0.394. The number of benzene rings is 9. The minimum Gasteiger partial charge on any atom is -0.0796 e. The number of allylic oxidation sites excluding steroid dienone is 4. The van der Waals surface area contributed by atoms with E-state index in [1.165, 1.54) is 110 Å². The van der Waals surface area contributed by atoms with Crippen LogP contribution in [-0.4, -0.2) is 0 Å². The summed E-state index contributed by atoms with van der Waals surface area (Å²) in [5, 5.41) is 7.67. The molecule has 0 radical (unpaired) electrons. The average Bonchev–Trinajstić information content (AvgIpc) is 3.66. The standard InChI is InChI=1S/C60H46/c1-59(2)53-22-11-9-17-45(53)47-31-28-41(35-55(47)59)40-29-33-51-52(34-40)58(42-30-32-48-46-18-10-12-23-54(46)60(3,4)56(48)36-42)50-20-8-7-19-49(50)57(51)39-26-24-38(25-27-39)44-21-13-15-37-14-5-6-16-43(37)44/h5-36,46,54H,1-4H3. The molecule has 0 heterocycles. The van der Waals surface area contributed by atoms with Gasteiger partial charge in [-0.25, -0.2) is 0 Å². The smallest absolute Gasteiger partial charge is 0.0159 e. The molecular weight excluding hydrogens is 721 g/mol. The Hall–Kier alpha value is -6.76. The molecule has 3 aliphatic rings. The predicted molar refractivity (Wildman–Crippen MR) is 256 cm³/mol. The SMILES string of the molecule is CC1(C)c2ccccc2-c2ccc(-c3ccc4c(-c5ccc(-c6cccc7ccccc67)cc5)c5ccccc5c(-c5ccc6c(c5)C(C)(C)C5C=CC=CC65)c4c3)cc21. The molecule has 2 atom stereocenters. The first-order valence-electron chi connectivity index (χ1n) is 21.6. The fraction of sp³-hybridized carbons (Fsp3) is 0.133. The summed E-state index contributed by atoms with van der Waals surface area (Å²) in [6, 6.07) is 64.5. The van der Waals surface area contributed by atoms with E-state index in [0.717, 1.165) is 0 Å². The maximum Gasteiger partial charge on any atom is 0.0159 e. The summed E-state index contributed by atoms with van der Waals surface area (Å²) in [5.74, 6) is 0.880. The molecule has 0 saturated heterocycles. The lowest BCUT2D eigenvalue weighted by Crippen LogP contribution is -2.24. The normalized spacial score (nSPS) is 17.8. The van der Waals surface area contributed by atoms with Gasteiger partial charge in [0.2, 0.25) is 0 Å². The molecule has 0 nitrogen and oxygen atoms in total. The summed E-state index contributed by atoms with van der Waals surface area (Å²) in [5.41, 5.74) is 18.5. The van der Waals surface area contributed by atoms with E-state index >= 15 is 0 Å². The molecule has 9 aromatic rings. The summed E-state index contributed by atoms with van der Waals surface area (Å²) < 4.78 is 0. The van der Waals surface area contributed by atoms with E-state index in [-0.39, 0.29) is 10.8 Å². The van der Waals surface area contributed by atoms with Crippen LogP contribution in [0.15, 0.2) is 194 Å². The van der Waals surface area contributed by atoms with Gasteiger partial charge >= 0.3 is 0 Å². The van der Waals surface area contributed by atoms with Gasteiger partial charge in [-0.05, 0) is 134 Å². The summed E-state index contributed by atoms with van der Waals surface area (Å²) in [4.78, 5) is 0. The Balaban J connectivity index is 1.09. The molecule has 9 aromatic carbocycles. The highest BCUT2D eigenvalue weighted by atomic mass is 14.5. The molecule has 0 heteroatoms. The van der Waals surface area contributed by atoms with Gasteiger partial charge in [-0.1, -0.05) is 210 Å². The van der Waals surface area contributed by atoms with Crippen molar-refractivity contribution in [2.24, 2.45) is 5.92 Å². The summed E-state index contributed by atoms with van der Waals surface area (Å²) >= 11 is 0. The summed E-state index contributed by atoms with van der Waals surface area (Å²) in [6.45, 7) is 9.63. The van der Waals surface area contributed by atoms with E-state index in [9.17, 15) is 0 Å². The van der Waals surface area contributed by atoms with Crippen molar-refractivity contribution in [3.8, 4) is 55.6 Å². The second-order valence-electron chi connectivity index (χ2n) is 18.4. The summed E-state index contributed by atoms with van der Waals surface area (Å²) in [7, 11) is 0. The van der Waals surface area contributed by atoms with Gasteiger partial charge in [0.05, 0.1) is 0 Å². The van der Waals surface area contributed by atoms with Crippen molar-refractivity contribution in [2.75, 3.05) is 0 Å².